The SMILES string of the molecule is CC1CCCCCC1NC(=O)Nc1cnc2c(ccn2COCC[Si](C)(C)C)n1. The van der Waals surface area contributed by atoms with Crippen molar-refractivity contribution in [2.45, 2.75) is 77.5 Å². The summed E-state index contributed by atoms with van der Waals surface area (Å²) in [6.07, 6.45) is 9.43. The number of nitrogens with one attached hydrogen (secondary N) is 2. The number of anilines is 1. The van der Waals surface area contributed by atoms with Crippen LogP contribution in [0.2, 0.25) is 25.7 Å². The monoisotopic (exact) mass is 417 g/mol. The van der Waals surface area contributed by atoms with Crippen molar-refractivity contribution in [3.8, 4) is 0 Å². The van der Waals surface area contributed by atoms with Gasteiger partial charge < -0.3 is 14.6 Å². The fourth-order valence-electron chi connectivity index (χ4n) is 3.70. The van der Waals surface area contributed by atoms with Crippen LogP contribution in [0.25, 0.3) is 11.2 Å². The molecule has 2 amide bonds. The van der Waals surface area contributed by atoms with Gasteiger partial charge in [-0.15, -0.1) is 0 Å². The van der Waals surface area contributed by atoms with Crippen LogP contribution >= 0.6 is 0 Å². The number of fused-ring (bicyclic) bond motifs is 1. The van der Waals surface area contributed by atoms with Crippen LogP contribution < -0.4 is 10.6 Å². The lowest BCUT2D eigenvalue weighted by Gasteiger charge is -2.22. The number of urea groups is 1. The molecule has 3 rings (SSSR count). The molecular weight excluding hydrogens is 382 g/mol. The number of nitrogens with zero attached hydrogens (tertiary/aromatic N) is 3. The maximum atomic E-state index is 12.4. The molecule has 0 bridgehead atoms. The van der Waals surface area contributed by atoms with Gasteiger partial charge in [0.15, 0.2) is 11.5 Å². The van der Waals surface area contributed by atoms with E-state index in [4.69, 9.17) is 4.74 Å². The molecule has 0 spiro atoms. The number of ether oxygens (including phenoxy) is 1. The van der Waals surface area contributed by atoms with Gasteiger partial charge in [0.25, 0.3) is 0 Å². The van der Waals surface area contributed by atoms with Crippen LogP contribution in [0.15, 0.2) is 18.5 Å². The molecule has 2 heterocycles. The zero-order valence-electron chi connectivity index (χ0n) is 18.2. The number of amides is 2. The van der Waals surface area contributed by atoms with Crippen molar-refractivity contribution in [3.63, 3.8) is 0 Å². The highest BCUT2D eigenvalue weighted by Gasteiger charge is 2.21. The van der Waals surface area contributed by atoms with Crippen molar-refractivity contribution in [1.29, 1.82) is 0 Å². The van der Waals surface area contributed by atoms with E-state index in [0.29, 0.717) is 18.5 Å². The first-order chi connectivity index (χ1) is 13.8. The van der Waals surface area contributed by atoms with Crippen LogP contribution in [0.1, 0.15) is 39.0 Å². The fraction of sp³-hybridized carbons (Fsp3) is 0.667. The molecule has 0 saturated heterocycles. The van der Waals surface area contributed by atoms with Crippen molar-refractivity contribution >= 4 is 31.1 Å². The Morgan fingerprint density at radius 3 is 2.86 bits per heavy atom. The molecule has 2 atom stereocenters. The largest absolute Gasteiger partial charge is 0.361 e. The topological polar surface area (TPSA) is 81.1 Å². The lowest BCUT2D eigenvalue weighted by Crippen LogP contribution is -2.41. The van der Waals surface area contributed by atoms with Crippen LogP contribution in [0.3, 0.4) is 0 Å². The molecule has 2 N–H and O–H groups in total. The van der Waals surface area contributed by atoms with Gasteiger partial charge in [-0.05, 0) is 30.9 Å². The standard InChI is InChI=1S/C21H35N5O2Si/c1-16-8-6-5-7-9-17(16)24-21(27)25-19-14-22-20-18(23-19)10-11-26(20)15-28-12-13-29(2,3)4/h10-11,14,16-17H,5-9,12-13,15H2,1-4H3,(H2,23,24,25,27). The molecule has 1 aliphatic carbocycles. The third-order valence-electron chi connectivity index (χ3n) is 5.61. The van der Waals surface area contributed by atoms with Gasteiger partial charge in [-0.25, -0.2) is 14.8 Å². The minimum atomic E-state index is -1.09. The summed E-state index contributed by atoms with van der Waals surface area (Å²) in [4.78, 5) is 21.4. The van der Waals surface area contributed by atoms with Gasteiger partial charge in [-0.3, -0.25) is 5.32 Å². The zero-order valence-corrected chi connectivity index (χ0v) is 19.2. The van der Waals surface area contributed by atoms with E-state index in [9.17, 15) is 4.79 Å². The second kappa shape index (κ2) is 9.71. The first-order valence-electron chi connectivity index (χ1n) is 10.8. The lowest BCUT2D eigenvalue weighted by atomic mass is 9.97. The molecule has 1 aliphatic rings. The molecule has 8 heteroatoms. The summed E-state index contributed by atoms with van der Waals surface area (Å²) >= 11 is 0. The molecule has 7 nitrogen and oxygen atoms in total. The summed E-state index contributed by atoms with van der Waals surface area (Å²) in [6, 6.07) is 3.07. The van der Waals surface area contributed by atoms with Crippen LogP contribution in [-0.2, 0) is 11.5 Å². The van der Waals surface area contributed by atoms with Crippen molar-refractivity contribution < 1.29 is 9.53 Å². The Hall–Kier alpha value is -1.93. The highest BCUT2D eigenvalue weighted by molar-refractivity contribution is 6.76. The molecule has 0 radical (unpaired) electrons. The van der Waals surface area contributed by atoms with E-state index in [2.05, 4.69) is 47.2 Å². The van der Waals surface area contributed by atoms with Gasteiger partial charge in [0.1, 0.15) is 12.2 Å². The summed E-state index contributed by atoms with van der Waals surface area (Å²) in [5.41, 5.74) is 1.51. The second-order valence-corrected chi connectivity index (χ2v) is 15.0. The van der Waals surface area contributed by atoms with Gasteiger partial charge in [0, 0.05) is 26.9 Å². The number of carbonyl (C=O) groups excluding carboxylic acids is 1. The smallest absolute Gasteiger partial charge is 0.320 e. The summed E-state index contributed by atoms with van der Waals surface area (Å²) in [5.74, 6) is 0.973. The zero-order chi connectivity index (χ0) is 20.9. The Morgan fingerprint density at radius 1 is 1.28 bits per heavy atom. The van der Waals surface area contributed by atoms with Gasteiger partial charge >= 0.3 is 6.03 Å². The molecule has 160 valence electrons. The maximum absolute atomic E-state index is 12.4. The van der Waals surface area contributed by atoms with Gasteiger partial charge in [0.2, 0.25) is 0 Å². The highest BCUT2D eigenvalue weighted by Crippen LogP contribution is 2.23. The first-order valence-corrected chi connectivity index (χ1v) is 14.5. The summed E-state index contributed by atoms with van der Waals surface area (Å²) in [7, 11) is -1.09. The van der Waals surface area contributed by atoms with Crippen molar-refractivity contribution in [3.05, 3.63) is 18.5 Å². The number of carbonyl (C=O) groups is 1. The second-order valence-electron chi connectivity index (χ2n) is 9.42. The highest BCUT2D eigenvalue weighted by atomic mass is 28.3. The summed E-state index contributed by atoms with van der Waals surface area (Å²) in [6.45, 7) is 10.5. The van der Waals surface area contributed by atoms with Crippen LogP contribution in [0, 0.1) is 5.92 Å². The van der Waals surface area contributed by atoms with E-state index >= 15 is 0 Å². The predicted octanol–water partition coefficient (Wildman–Crippen LogP) is 4.83. The van der Waals surface area contributed by atoms with E-state index in [1.807, 2.05) is 16.8 Å². The fourth-order valence-corrected chi connectivity index (χ4v) is 4.45. The van der Waals surface area contributed by atoms with E-state index in [-0.39, 0.29) is 12.1 Å². The molecule has 0 aliphatic heterocycles. The molecule has 2 aromatic heterocycles. The Labute approximate surface area is 174 Å². The van der Waals surface area contributed by atoms with Gasteiger partial charge in [-0.1, -0.05) is 45.8 Å². The van der Waals surface area contributed by atoms with Crippen molar-refractivity contribution in [2.24, 2.45) is 5.92 Å². The van der Waals surface area contributed by atoms with Crippen LogP contribution in [0.4, 0.5) is 10.6 Å². The van der Waals surface area contributed by atoms with Crippen LogP contribution in [0.5, 0.6) is 0 Å². The number of hydrogen-bond acceptors (Lipinski definition) is 4. The average Bonchev–Trinajstić information content (AvgIpc) is 2.94. The molecule has 2 aromatic rings. The van der Waals surface area contributed by atoms with Crippen LogP contribution in [-0.4, -0.2) is 41.3 Å². The van der Waals surface area contributed by atoms with Gasteiger partial charge in [0.05, 0.1) is 6.20 Å². The molecule has 0 aromatic carbocycles. The van der Waals surface area contributed by atoms with Crippen molar-refractivity contribution in [1.82, 2.24) is 19.9 Å². The van der Waals surface area contributed by atoms with Gasteiger partial charge in [-0.2, -0.15) is 0 Å². The van der Waals surface area contributed by atoms with E-state index in [1.54, 1.807) is 6.20 Å². The molecule has 1 fully saturated rings. The minimum absolute atomic E-state index is 0.202. The normalized spacial score (nSPS) is 20.4. The van der Waals surface area contributed by atoms with E-state index in [1.165, 1.54) is 25.7 Å². The minimum Gasteiger partial charge on any atom is -0.361 e. The number of rotatable bonds is 7. The summed E-state index contributed by atoms with van der Waals surface area (Å²) < 4.78 is 7.76. The lowest BCUT2D eigenvalue weighted by molar-refractivity contribution is 0.0899. The molecule has 1 saturated carbocycles. The Bertz CT molecular complexity index is 817. The van der Waals surface area contributed by atoms with E-state index < -0.39 is 8.07 Å². The molecule has 29 heavy (non-hydrogen) atoms. The van der Waals surface area contributed by atoms with Crippen molar-refractivity contribution in [2.75, 3.05) is 11.9 Å². The molecule has 2 unspecified atom stereocenters. The Balaban J connectivity index is 1.55. The quantitative estimate of drug-likeness (QED) is 0.384. The summed E-state index contributed by atoms with van der Waals surface area (Å²) in [5, 5.41) is 5.96. The number of aromatic nitrogens is 3. The third kappa shape index (κ3) is 6.53. The third-order valence-corrected chi connectivity index (χ3v) is 7.31. The first kappa shape index (κ1) is 21.8. The predicted molar refractivity (Wildman–Crippen MR) is 120 cm³/mol. The number of hydrogen-bond donors (Lipinski definition) is 2. The van der Waals surface area contributed by atoms with E-state index in [0.717, 1.165) is 30.2 Å². The molecular formula is C21H35N5O2Si. The maximum Gasteiger partial charge on any atom is 0.320 e. The average molecular weight is 418 g/mol. The Kier molecular flexibility index (Phi) is 7.29. The Morgan fingerprint density at radius 2 is 2.07 bits per heavy atom.